The standard InChI is InChI=1S/C32H29F3N6O6/c1-3-46-28(42)15-27-39-40-29(41(27)18-19-6-8-22(45-2)9-7-19)26(38-30(43)20-5-4-12-36-16-20)13-21-17-37-25-11-10-23(14-24(21)25)47-31(44)32(33,34)35/h4-12,14,16-17,26,37H,3,13,15,18H2,1-2H3,(H,38,43)/t26-/m1/s1. The number of hydrogen-bond acceptors (Lipinski definition) is 9. The van der Waals surface area contributed by atoms with Gasteiger partial charge in [0.05, 0.1) is 31.9 Å². The van der Waals surface area contributed by atoms with Crippen molar-refractivity contribution in [3.05, 3.63) is 102 Å². The Morgan fingerprint density at radius 2 is 1.81 bits per heavy atom. The van der Waals surface area contributed by atoms with E-state index in [9.17, 15) is 27.6 Å². The number of aromatic amines is 1. The molecule has 12 nitrogen and oxygen atoms in total. The fourth-order valence-corrected chi connectivity index (χ4v) is 4.88. The number of carbonyl (C=O) groups is 3. The van der Waals surface area contributed by atoms with Crippen molar-refractivity contribution in [3.63, 3.8) is 0 Å². The highest BCUT2D eigenvalue weighted by Crippen LogP contribution is 2.30. The number of aromatic nitrogens is 5. The number of fused-ring (bicyclic) bond motifs is 1. The molecule has 3 heterocycles. The molecule has 0 unspecified atom stereocenters. The number of esters is 2. The molecule has 1 amide bonds. The minimum atomic E-state index is -5.17. The third-order valence-corrected chi connectivity index (χ3v) is 7.11. The number of nitrogens with zero attached hydrogens (tertiary/aromatic N) is 4. The van der Waals surface area contributed by atoms with Crippen LogP contribution in [0.1, 0.15) is 46.1 Å². The minimum Gasteiger partial charge on any atom is -0.497 e. The Morgan fingerprint density at radius 1 is 1.04 bits per heavy atom. The lowest BCUT2D eigenvalue weighted by atomic mass is 10.0. The van der Waals surface area contributed by atoms with Crippen molar-refractivity contribution in [2.24, 2.45) is 0 Å². The second-order valence-electron chi connectivity index (χ2n) is 10.3. The molecular weight excluding hydrogens is 621 g/mol. The van der Waals surface area contributed by atoms with Crippen molar-refractivity contribution < 1.29 is 41.8 Å². The molecule has 0 aliphatic heterocycles. The number of methoxy groups -OCH3 is 1. The van der Waals surface area contributed by atoms with E-state index in [1.807, 2.05) is 12.1 Å². The molecular formula is C32H29F3N6O6. The maximum atomic E-state index is 13.4. The van der Waals surface area contributed by atoms with Crippen LogP contribution in [0.4, 0.5) is 13.2 Å². The molecule has 0 saturated heterocycles. The van der Waals surface area contributed by atoms with Crippen LogP contribution in [0, 0.1) is 0 Å². The normalized spacial score (nSPS) is 12.0. The molecule has 1 atom stereocenters. The molecule has 2 N–H and O–H groups in total. The lowest BCUT2D eigenvalue weighted by Gasteiger charge is -2.20. The summed E-state index contributed by atoms with van der Waals surface area (Å²) in [5.74, 6) is -2.43. The number of rotatable bonds is 12. The molecule has 47 heavy (non-hydrogen) atoms. The van der Waals surface area contributed by atoms with Crippen LogP contribution in [0.25, 0.3) is 10.9 Å². The smallest absolute Gasteiger partial charge is 0.491 e. The van der Waals surface area contributed by atoms with Crippen molar-refractivity contribution in [1.29, 1.82) is 0 Å². The van der Waals surface area contributed by atoms with Gasteiger partial charge in [0.15, 0.2) is 5.82 Å². The predicted molar refractivity (Wildman–Crippen MR) is 161 cm³/mol. The molecule has 2 aromatic carbocycles. The van der Waals surface area contributed by atoms with Crippen LogP contribution in [-0.2, 0) is 33.7 Å². The maximum absolute atomic E-state index is 13.4. The lowest BCUT2D eigenvalue weighted by Crippen LogP contribution is -2.32. The number of nitrogens with one attached hydrogen (secondary N) is 2. The van der Waals surface area contributed by atoms with Crippen LogP contribution in [-0.4, -0.2) is 62.5 Å². The summed E-state index contributed by atoms with van der Waals surface area (Å²) in [5.41, 5.74) is 2.20. The van der Waals surface area contributed by atoms with Crippen LogP contribution in [0.3, 0.4) is 0 Å². The number of halogens is 3. The van der Waals surface area contributed by atoms with Gasteiger partial charge in [0.25, 0.3) is 5.91 Å². The first kappa shape index (κ1) is 32.7. The fraction of sp³-hybridized carbons (Fsp3) is 0.250. The molecule has 5 aromatic rings. The number of benzene rings is 2. The van der Waals surface area contributed by atoms with Gasteiger partial charge >= 0.3 is 18.1 Å². The van der Waals surface area contributed by atoms with Crippen molar-refractivity contribution in [2.45, 2.75) is 38.5 Å². The van der Waals surface area contributed by atoms with Gasteiger partial charge in [0, 0.05) is 35.9 Å². The maximum Gasteiger partial charge on any atom is 0.491 e. The SMILES string of the molecule is CCOC(=O)Cc1nnc([C@@H](Cc2c[nH]c3ccc(OC(=O)C(F)(F)F)cc23)NC(=O)c2cccnc2)n1Cc1ccc(OC)cc1. The number of amides is 1. The highest BCUT2D eigenvalue weighted by Gasteiger charge is 2.41. The zero-order chi connectivity index (χ0) is 33.6. The summed E-state index contributed by atoms with van der Waals surface area (Å²) >= 11 is 0. The van der Waals surface area contributed by atoms with E-state index >= 15 is 0 Å². The molecule has 0 spiro atoms. The van der Waals surface area contributed by atoms with Gasteiger partial charge in [0.2, 0.25) is 0 Å². The first-order chi connectivity index (χ1) is 22.5. The third-order valence-electron chi connectivity index (χ3n) is 7.11. The summed E-state index contributed by atoms with van der Waals surface area (Å²) < 4.78 is 55.3. The number of hydrogen-bond donors (Lipinski definition) is 2. The van der Waals surface area contributed by atoms with Crippen molar-refractivity contribution in [2.75, 3.05) is 13.7 Å². The van der Waals surface area contributed by atoms with Crippen LogP contribution in [0.2, 0.25) is 0 Å². The van der Waals surface area contributed by atoms with Gasteiger partial charge in [-0.2, -0.15) is 13.2 Å². The van der Waals surface area contributed by atoms with Crippen molar-refractivity contribution in [3.8, 4) is 11.5 Å². The zero-order valence-electron chi connectivity index (χ0n) is 25.2. The average Bonchev–Trinajstić information content (AvgIpc) is 3.64. The number of ether oxygens (including phenoxy) is 3. The van der Waals surface area contributed by atoms with Crippen molar-refractivity contribution >= 4 is 28.7 Å². The fourth-order valence-electron chi connectivity index (χ4n) is 4.88. The Morgan fingerprint density at radius 3 is 2.49 bits per heavy atom. The van der Waals surface area contributed by atoms with Crippen LogP contribution in [0.5, 0.6) is 11.5 Å². The summed E-state index contributed by atoms with van der Waals surface area (Å²) in [6, 6.07) is 13.6. The van der Waals surface area contributed by atoms with Crippen LogP contribution >= 0.6 is 0 Å². The van der Waals surface area contributed by atoms with E-state index in [1.165, 1.54) is 30.6 Å². The van der Waals surface area contributed by atoms with Gasteiger partial charge in [-0.15, -0.1) is 10.2 Å². The molecule has 0 saturated carbocycles. The second kappa shape index (κ2) is 14.1. The van der Waals surface area contributed by atoms with Crippen LogP contribution < -0.4 is 14.8 Å². The Hall–Kier alpha value is -5.73. The number of H-pyrrole nitrogens is 1. The van der Waals surface area contributed by atoms with E-state index in [1.54, 1.807) is 49.1 Å². The summed E-state index contributed by atoms with van der Waals surface area (Å²) in [6.45, 7) is 2.07. The molecule has 15 heteroatoms. The number of alkyl halides is 3. The van der Waals surface area contributed by atoms with E-state index < -0.39 is 30.1 Å². The molecule has 244 valence electrons. The van der Waals surface area contributed by atoms with Gasteiger partial charge in [-0.1, -0.05) is 12.1 Å². The highest BCUT2D eigenvalue weighted by molar-refractivity contribution is 5.94. The van der Waals surface area contributed by atoms with E-state index in [0.717, 1.165) is 5.56 Å². The predicted octanol–water partition coefficient (Wildman–Crippen LogP) is 4.50. The molecule has 3 aromatic heterocycles. The molecule has 0 aliphatic rings. The number of carbonyl (C=O) groups excluding carboxylic acids is 3. The van der Waals surface area contributed by atoms with Gasteiger partial charge < -0.3 is 29.1 Å². The van der Waals surface area contributed by atoms with Gasteiger partial charge in [-0.05, 0) is 60.5 Å². The van der Waals surface area contributed by atoms with E-state index in [0.29, 0.717) is 28.0 Å². The van der Waals surface area contributed by atoms with Gasteiger partial charge in [0.1, 0.15) is 23.7 Å². The van der Waals surface area contributed by atoms with Crippen LogP contribution in [0.15, 0.2) is 73.2 Å². The van der Waals surface area contributed by atoms with E-state index in [4.69, 9.17) is 9.47 Å². The zero-order valence-corrected chi connectivity index (χ0v) is 25.2. The number of pyridine rings is 1. The largest absolute Gasteiger partial charge is 0.497 e. The first-order valence-corrected chi connectivity index (χ1v) is 14.4. The molecule has 5 rings (SSSR count). The van der Waals surface area contributed by atoms with E-state index in [2.05, 4.69) is 30.2 Å². The summed E-state index contributed by atoms with van der Waals surface area (Å²) in [6.07, 6.45) is -0.742. The summed E-state index contributed by atoms with van der Waals surface area (Å²) in [5, 5.41) is 12.1. The van der Waals surface area contributed by atoms with Gasteiger partial charge in [-0.3, -0.25) is 14.6 Å². The third kappa shape index (κ3) is 7.92. The summed E-state index contributed by atoms with van der Waals surface area (Å²) in [7, 11) is 1.55. The molecule has 0 bridgehead atoms. The molecule has 0 fully saturated rings. The summed E-state index contributed by atoms with van der Waals surface area (Å²) in [4.78, 5) is 44.5. The van der Waals surface area contributed by atoms with Crippen molar-refractivity contribution in [1.82, 2.24) is 30.0 Å². The lowest BCUT2D eigenvalue weighted by molar-refractivity contribution is -0.189. The quantitative estimate of drug-likeness (QED) is 0.147. The van der Waals surface area contributed by atoms with E-state index in [-0.39, 0.29) is 43.1 Å². The Labute approximate surface area is 265 Å². The monoisotopic (exact) mass is 650 g/mol. The average molecular weight is 651 g/mol. The second-order valence-corrected chi connectivity index (χ2v) is 10.3. The molecule has 0 radical (unpaired) electrons. The Kier molecular flexibility index (Phi) is 9.83. The minimum absolute atomic E-state index is 0.0722. The topological polar surface area (TPSA) is 150 Å². The first-order valence-electron chi connectivity index (χ1n) is 14.4. The Bertz CT molecular complexity index is 1870. The Balaban J connectivity index is 1.56. The highest BCUT2D eigenvalue weighted by atomic mass is 19.4. The van der Waals surface area contributed by atoms with Gasteiger partial charge in [-0.25, -0.2) is 4.79 Å². The molecule has 0 aliphatic carbocycles.